The summed E-state index contributed by atoms with van der Waals surface area (Å²) in [7, 11) is 0. The van der Waals surface area contributed by atoms with Gasteiger partial charge in [0.1, 0.15) is 5.54 Å². The molecule has 1 saturated carbocycles. The molecule has 0 spiro atoms. The number of aliphatic carboxylic acids is 1. The van der Waals surface area contributed by atoms with Crippen LogP contribution in [0.3, 0.4) is 0 Å². The molecule has 3 heteroatoms. The van der Waals surface area contributed by atoms with Gasteiger partial charge < -0.3 is 5.11 Å². The summed E-state index contributed by atoms with van der Waals surface area (Å²) >= 11 is 0. The van der Waals surface area contributed by atoms with Crippen molar-refractivity contribution < 1.29 is 9.90 Å². The second-order valence-corrected chi connectivity index (χ2v) is 5.72. The first-order valence-electron chi connectivity index (χ1n) is 6.56. The molecule has 0 aromatic rings. The van der Waals surface area contributed by atoms with Gasteiger partial charge in [-0.2, -0.15) is 0 Å². The molecule has 3 atom stereocenters. The van der Waals surface area contributed by atoms with Gasteiger partial charge in [0.2, 0.25) is 0 Å². The molecule has 2 fully saturated rings. The Morgan fingerprint density at radius 3 is 2.56 bits per heavy atom. The van der Waals surface area contributed by atoms with E-state index in [1.165, 1.54) is 6.42 Å². The largest absolute Gasteiger partial charge is 0.480 e. The minimum Gasteiger partial charge on any atom is -0.480 e. The van der Waals surface area contributed by atoms with E-state index in [4.69, 9.17) is 0 Å². The van der Waals surface area contributed by atoms with Crippen molar-refractivity contribution in [2.24, 2.45) is 5.92 Å². The summed E-state index contributed by atoms with van der Waals surface area (Å²) in [4.78, 5) is 14.0. The third-order valence-electron chi connectivity index (χ3n) is 4.47. The summed E-state index contributed by atoms with van der Waals surface area (Å²) in [6.45, 7) is 5.34. The molecule has 16 heavy (non-hydrogen) atoms. The van der Waals surface area contributed by atoms with Crippen molar-refractivity contribution >= 4 is 5.97 Å². The summed E-state index contributed by atoms with van der Waals surface area (Å²) in [6, 6.07) is 0.446. The first-order chi connectivity index (χ1) is 7.56. The van der Waals surface area contributed by atoms with Gasteiger partial charge in [0.05, 0.1) is 0 Å². The first-order valence-corrected chi connectivity index (χ1v) is 6.56. The molecule has 2 rings (SSSR count). The molecular weight excluding hydrogens is 202 g/mol. The lowest BCUT2D eigenvalue weighted by atomic mass is 9.75. The van der Waals surface area contributed by atoms with Gasteiger partial charge in [-0.3, -0.25) is 9.69 Å². The molecule has 1 aliphatic heterocycles. The quantitative estimate of drug-likeness (QED) is 0.785. The van der Waals surface area contributed by atoms with Crippen molar-refractivity contribution in [3.8, 4) is 0 Å². The maximum atomic E-state index is 11.7. The topological polar surface area (TPSA) is 40.5 Å². The monoisotopic (exact) mass is 225 g/mol. The zero-order chi connectivity index (χ0) is 11.8. The van der Waals surface area contributed by atoms with Crippen LogP contribution in [0.1, 0.15) is 52.4 Å². The van der Waals surface area contributed by atoms with E-state index >= 15 is 0 Å². The first kappa shape index (κ1) is 11.9. The molecule has 0 bridgehead atoms. The minimum atomic E-state index is -0.590. The highest BCUT2D eigenvalue weighted by Crippen LogP contribution is 2.40. The zero-order valence-electron chi connectivity index (χ0n) is 10.4. The van der Waals surface area contributed by atoms with Crippen LogP contribution < -0.4 is 0 Å². The van der Waals surface area contributed by atoms with Gasteiger partial charge in [-0.15, -0.1) is 0 Å². The van der Waals surface area contributed by atoms with E-state index in [9.17, 15) is 9.90 Å². The van der Waals surface area contributed by atoms with Crippen LogP contribution in [0, 0.1) is 5.92 Å². The van der Waals surface area contributed by atoms with Crippen molar-refractivity contribution in [3.63, 3.8) is 0 Å². The summed E-state index contributed by atoms with van der Waals surface area (Å²) in [5.41, 5.74) is -0.548. The van der Waals surface area contributed by atoms with E-state index in [0.29, 0.717) is 12.0 Å². The Hall–Kier alpha value is -0.570. The Morgan fingerprint density at radius 2 is 2.06 bits per heavy atom. The Kier molecular flexibility index (Phi) is 3.24. The summed E-state index contributed by atoms with van der Waals surface area (Å²) in [5, 5.41) is 9.64. The fourth-order valence-electron chi connectivity index (χ4n) is 3.67. The van der Waals surface area contributed by atoms with Crippen molar-refractivity contribution in [2.45, 2.75) is 64.0 Å². The molecule has 3 unspecified atom stereocenters. The van der Waals surface area contributed by atoms with Gasteiger partial charge in [0.25, 0.3) is 0 Å². The highest BCUT2D eigenvalue weighted by molar-refractivity contribution is 5.79. The van der Waals surface area contributed by atoms with Crippen LogP contribution in [-0.2, 0) is 4.79 Å². The summed E-state index contributed by atoms with van der Waals surface area (Å²) < 4.78 is 0. The summed E-state index contributed by atoms with van der Waals surface area (Å²) in [6.07, 6.45) is 6.26. The molecule has 3 nitrogen and oxygen atoms in total. The molecule has 1 saturated heterocycles. The molecule has 0 aromatic carbocycles. The Bertz CT molecular complexity index is 279. The van der Waals surface area contributed by atoms with E-state index in [2.05, 4.69) is 18.7 Å². The van der Waals surface area contributed by atoms with Gasteiger partial charge >= 0.3 is 5.97 Å². The average Bonchev–Trinajstić information content (AvgIpc) is 2.64. The highest BCUT2D eigenvalue weighted by Gasteiger charge is 2.49. The Balaban J connectivity index is 2.23. The van der Waals surface area contributed by atoms with Gasteiger partial charge in [-0.05, 0) is 45.1 Å². The second-order valence-electron chi connectivity index (χ2n) is 5.72. The minimum absolute atomic E-state index is 0.446. The fraction of sp³-hybridized carbons (Fsp3) is 0.923. The predicted octanol–water partition coefficient (Wildman–Crippen LogP) is 2.50. The van der Waals surface area contributed by atoms with Crippen LogP contribution in [0.15, 0.2) is 0 Å². The Morgan fingerprint density at radius 1 is 1.31 bits per heavy atom. The third-order valence-corrected chi connectivity index (χ3v) is 4.47. The van der Waals surface area contributed by atoms with Gasteiger partial charge in [0.15, 0.2) is 0 Å². The van der Waals surface area contributed by atoms with Crippen LogP contribution >= 0.6 is 0 Å². The molecule has 0 aromatic heterocycles. The molecule has 1 heterocycles. The van der Waals surface area contributed by atoms with E-state index in [-0.39, 0.29) is 0 Å². The molecule has 0 radical (unpaired) electrons. The van der Waals surface area contributed by atoms with Crippen molar-refractivity contribution in [2.75, 3.05) is 6.54 Å². The van der Waals surface area contributed by atoms with Gasteiger partial charge in [-0.1, -0.05) is 19.8 Å². The van der Waals surface area contributed by atoms with Crippen LogP contribution in [0.5, 0.6) is 0 Å². The third kappa shape index (κ3) is 1.86. The van der Waals surface area contributed by atoms with Crippen LogP contribution in [0.2, 0.25) is 0 Å². The SMILES string of the molecule is CC1CCCC(C(=O)O)(N2CCCC2C)C1. The van der Waals surface area contributed by atoms with Crippen molar-refractivity contribution in [1.82, 2.24) is 4.90 Å². The molecular formula is C13H23NO2. The second kappa shape index (κ2) is 4.36. The number of hydrogen-bond donors (Lipinski definition) is 1. The zero-order valence-corrected chi connectivity index (χ0v) is 10.4. The van der Waals surface area contributed by atoms with Gasteiger partial charge in [-0.25, -0.2) is 0 Å². The molecule has 0 amide bonds. The number of nitrogens with zero attached hydrogens (tertiary/aromatic N) is 1. The number of hydrogen-bond acceptors (Lipinski definition) is 2. The van der Waals surface area contributed by atoms with Crippen LogP contribution in [0.4, 0.5) is 0 Å². The number of carbonyl (C=O) groups is 1. The van der Waals surface area contributed by atoms with E-state index in [1.54, 1.807) is 0 Å². The van der Waals surface area contributed by atoms with E-state index in [0.717, 1.165) is 38.6 Å². The predicted molar refractivity (Wildman–Crippen MR) is 63.4 cm³/mol. The van der Waals surface area contributed by atoms with Crippen molar-refractivity contribution in [3.05, 3.63) is 0 Å². The van der Waals surface area contributed by atoms with E-state index in [1.807, 2.05) is 0 Å². The van der Waals surface area contributed by atoms with Crippen molar-refractivity contribution in [1.29, 1.82) is 0 Å². The fourth-order valence-corrected chi connectivity index (χ4v) is 3.67. The van der Waals surface area contributed by atoms with E-state index < -0.39 is 11.5 Å². The standard InChI is InChI=1S/C13H23NO2/c1-10-5-3-7-13(9-10,12(15)16)14-8-4-6-11(14)2/h10-11H,3-9H2,1-2H3,(H,15,16). The van der Waals surface area contributed by atoms with Crippen LogP contribution in [-0.4, -0.2) is 34.1 Å². The lowest BCUT2D eigenvalue weighted by Crippen LogP contribution is -2.58. The van der Waals surface area contributed by atoms with Crippen LogP contribution in [0.25, 0.3) is 0 Å². The summed E-state index contributed by atoms with van der Waals surface area (Å²) in [5.74, 6) is -0.0366. The molecule has 1 aliphatic carbocycles. The number of carboxylic acids is 1. The normalized spacial score (nSPS) is 41.1. The molecule has 2 aliphatic rings. The molecule has 92 valence electrons. The highest BCUT2D eigenvalue weighted by atomic mass is 16.4. The number of carboxylic acid groups (broad SMARTS) is 1. The Labute approximate surface area is 97.8 Å². The average molecular weight is 225 g/mol. The maximum absolute atomic E-state index is 11.7. The maximum Gasteiger partial charge on any atom is 0.324 e. The number of likely N-dealkylation sites (tertiary alicyclic amines) is 1. The molecule has 1 N–H and O–H groups in total. The lowest BCUT2D eigenvalue weighted by Gasteiger charge is -2.45. The van der Waals surface area contributed by atoms with Gasteiger partial charge in [0, 0.05) is 6.04 Å². The smallest absolute Gasteiger partial charge is 0.324 e. The lowest BCUT2D eigenvalue weighted by molar-refractivity contribution is -0.156. The number of rotatable bonds is 2.